The van der Waals surface area contributed by atoms with Crippen molar-refractivity contribution in [3.05, 3.63) is 30.5 Å². The summed E-state index contributed by atoms with van der Waals surface area (Å²) in [6.07, 6.45) is 2.67. The lowest BCUT2D eigenvalue weighted by molar-refractivity contribution is 0.632. The Labute approximate surface area is 155 Å². The Morgan fingerprint density at radius 3 is 2.57 bits per heavy atom. The molecule has 0 spiro atoms. The summed E-state index contributed by atoms with van der Waals surface area (Å²) in [5, 5.41) is 3.14. The molecule has 7 heteroatoms. The summed E-state index contributed by atoms with van der Waals surface area (Å²) >= 11 is 9.24. The van der Waals surface area contributed by atoms with Crippen molar-refractivity contribution in [3.8, 4) is 11.5 Å². The Balaban J connectivity index is 2.58. The molecule has 0 aliphatic rings. The van der Waals surface area contributed by atoms with E-state index in [4.69, 9.17) is 4.98 Å². The zero-order chi connectivity index (χ0) is 15.6. The number of hydrogen-bond donors (Lipinski definition) is 1. The van der Waals surface area contributed by atoms with Crippen LogP contribution in [0.2, 0.25) is 0 Å². The first-order valence-electron chi connectivity index (χ1n) is 6.48. The molecule has 0 radical (unpaired) electrons. The molecule has 0 atom stereocenters. The Kier molecular flexibility index (Phi) is 5.96. The van der Waals surface area contributed by atoms with Gasteiger partial charge in [0.1, 0.15) is 11.5 Å². The van der Waals surface area contributed by atoms with Crippen LogP contribution in [0.15, 0.2) is 21.2 Å². The van der Waals surface area contributed by atoms with Crippen molar-refractivity contribution in [2.24, 2.45) is 5.92 Å². The molecular formula is C14H15Br2IN4. The molecule has 0 unspecified atom stereocenters. The van der Waals surface area contributed by atoms with Gasteiger partial charge in [-0.2, -0.15) is 0 Å². The first kappa shape index (κ1) is 17.1. The van der Waals surface area contributed by atoms with Crippen LogP contribution in [0.3, 0.4) is 0 Å². The molecule has 2 aromatic heterocycles. The summed E-state index contributed by atoms with van der Waals surface area (Å²) in [4.78, 5) is 13.7. The molecule has 0 aliphatic heterocycles. The SMILES string of the molecule is CNc1nc(-c2ncc(Br)cc2Br)nc(CC(C)C)c1I. The van der Waals surface area contributed by atoms with Gasteiger partial charge >= 0.3 is 0 Å². The highest BCUT2D eigenvalue weighted by Crippen LogP contribution is 2.29. The average molecular weight is 526 g/mol. The van der Waals surface area contributed by atoms with E-state index in [1.54, 1.807) is 6.20 Å². The van der Waals surface area contributed by atoms with E-state index in [9.17, 15) is 0 Å². The van der Waals surface area contributed by atoms with Gasteiger partial charge in [0, 0.05) is 22.2 Å². The van der Waals surface area contributed by atoms with Crippen LogP contribution in [0.25, 0.3) is 11.5 Å². The Bertz CT molecular complexity index is 662. The maximum Gasteiger partial charge on any atom is 0.181 e. The van der Waals surface area contributed by atoms with E-state index in [2.05, 4.69) is 83.6 Å². The number of nitrogens with zero attached hydrogens (tertiary/aromatic N) is 3. The van der Waals surface area contributed by atoms with E-state index < -0.39 is 0 Å². The fraction of sp³-hybridized carbons (Fsp3) is 0.357. The van der Waals surface area contributed by atoms with E-state index in [0.29, 0.717) is 11.7 Å². The summed E-state index contributed by atoms with van der Waals surface area (Å²) in [6, 6.07) is 1.95. The summed E-state index contributed by atoms with van der Waals surface area (Å²) in [5.74, 6) is 2.01. The summed E-state index contributed by atoms with van der Waals surface area (Å²) in [5.41, 5.74) is 1.80. The molecule has 0 fully saturated rings. The molecule has 4 nitrogen and oxygen atoms in total. The second-order valence-electron chi connectivity index (χ2n) is 4.99. The van der Waals surface area contributed by atoms with Crippen LogP contribution >= 0.6 is 54.5 Å². The smallest absolute Gasteiger partial charge is 0.181 e. The van der Waals surface area contributed by atoms with E-state index in [1.807, 2.05) is 13.1 Å². The molecule has 0 aliphatic carbocycles. The molecule has 0 saturated carbocycles. The fourth-order valence-electron chi connectivity index (χ4n) is 1.87. The van der Waals surface area contributed by atoms with Gasteiger partial charge in [-0.15, -0.1) is 0 Å². The Hall–Kier alpha value is -0.280. The van der Waals surface area contributed by atoms with Crippen LogP contribution in [-0.2, 0) is 6.42 Å². The molecule has 0 aromatic carbocycles. The van der Waals surface area contributed by atoms with Crippen LogP contribution in [-0.4, -0.2) is 22.0 Å². The Morgan fingerprint density at radius 1 is 1.29 bits per heavy atom. The zero-order valence-corrected chi connectivity index (χ0v) is 17.2. The number of nitrogens with one attached hydrogen (secondary N) is 1. The van der Waals surface area contributed by atoms with Crippen LogP contribution < -0.4 is 5.32 Å². The van der Waals surface area contributed by atoms with Crippen molar-refractivity contribution >= 4 is 60.3 Å². The molecular weight excluding hydrogens is 511 g/mol. The van der Waals surface area contributed by atoms with Gasteiger partial charge in [0.15, 0.2) is 5.82 Å². The van der Waals surface area contributed by atoms with Gasteiger partial charge in [-0.25, -0.2) is 9.97 Å². The number of anilines is 1. The number of halogens is 3. The van der Waals surface area contributed by atoms with E-state index in [0.717, 1.165) is 36.1 Å². The van der Waals surface area contributed by atoms with E-state index in [1.165, 1.54) is 0 Å². The molecule has 0 amide bonds. The minimum absolute atomic E-state index is 0.535. The molecule has 2 rings (SSSR count). The highest BCUT2D eigenvalue weighted by molar-refractivity contribution is 14.1. The first-order chi connectivity index (χ1) is 9.92. The number of aromatic nitrogens is 3. The van der Waals surface area contributed by atoms with Crippen molar-refractivity contribution in [1.29, 1.82) is 0 Å². The molecule has 0 saturated heterocycles. The van der Waals surface area contributed by atoms with Gasteiger partial charge in [-0.3, -0.25) is 4.98 Å². The van der Waals surface area contributed by atoms with Gasteiger partial charge in [-0.05, 0) is 72.9 Å². The van der Waals surface area contributed by atoms with Crippen molar-refractivity contribution in [3.63, 3.8) is 0 Å². The second-order valence-corrected chi connectivity index (χ2v) is 7.84. The van der Waals surface area contributed by atoms with Gasteiger partial charge in [-0.1, -0.05) is 13.8 Å². The third-order valence-corrected chi connectivity index (χ3v) is 4.95. The van der Waals surface area contributed by atoms with Crippen molar-refractivity contribution in [1.82, 2.24) is 15.0 Å². The third kappa shape index (κ3) is 4.13. The summed E-state index contributed by atoms with van der Waals surface area (Å²) in [7, 11) is 1.87. The lowest BCUT2D eigenvalue weighted by Crippen LogP contribution is -2.08. The maximum atomic E-state index is 4.72. The summed E-state index contributed by atoms with van der Waals surface area (Å²) in [6.45, 7) is 4.37. The molecule has 1 N–H and O–H groups in total. The quantitative estimate of drug-likeness (QED) is 0.576. The maximum absolute atomic E-state index is 4.72. The van der Waals surface area contributed by atoms with Crippen LogP contribution in [0.5, 0.6) is 0 Å². The van der Waals surface area contributed by atoms with Crippen LogP contribution in [0.4, 0.5) is 5.82 Å². The van der Waals surface area contributed by atoms with E-state index in [-0.39, 0.29) is 0 Å². The van der Waals surface area contributed by atoms with Crippen LogP contribution in [0.1, 0.15) is 19.5 Å². The molecule has 112 valence electrons. The first-order valence-corrected chi connectivity index (χ1v) is 9.14. The average Bonchev–Trinajstić information content (AvgIpc) is 2.41. The number of hydrogen-bond acceptors (Lipinski definition) is 4. The van der Waals surface area contributed by atoms with Gasteiger partial charge in [0.2, 0.25) is 0 Å². The topological polar surface area (TPSA) is 50.7 Å². The second kappa shape index (κ2) is 7.32. The number of pyridine rings is 1. The minimum Gasteiger partial charge on any atom is -0.372 e. The molecule has 2 heterocycles. The minimum atomic E-state index is 0.535. The lowest BCUT2D eigenvalue weighted by Gasteiger charge is -2.13. The predicted molar refractivity (Wildman–Crippen MR) is 101 cm³/mol. The Morgan fingerprint density at radius 2 is 2.00 bits per heavy atom. The highest BCUT2D eigenvalue weighted by atomic mass is 127. The predicted octanol–water partition coefficient (Wildman–Crippen LogP) is 4.91. The summed E-state index contributed by atoms with van der Waals surface area (Å²) < 4.78 is 2.86. The van der Waals surface area contributed by atoms with Crippen molar-refractivity contribution in [2.45, 2.75) is 20.3 Å². The fourth-order valence-corrected chi connectivity index (χ4v) is 3.76. The normalized spacial score (nSPS) is 11.0. The third-order valence-electron chi connectivity index (χ3n) is 2.78. The molecule has 2 aromatic rings. The number of rotatable bonds is 4. The van der Waals surface area contributed by atoms with Gasteiger partial charge in [0.05, 0.1) is 9.26 Å². The molecule has 21 heavy (non-hydrogen) atoms. The zero-order valence-electron chi connectivity index (χ0n) is 11.9. The monoisotopic (exact) mass is 524 g/mol. The highest BCUT2D eigenvalue weighted by Gasteiger charge is 2.16. The van der Waals surface area contributed by atoms with Crippen molar-refractivity contribution < 1.29 is 0 Å². The molecule has 0 bridgehead atoms. The largest absolute Gasteiger partial charge is 0.372 e. The van der Waals surface area contributed by atoms with Crippen LogP contribution in [0, 0.1) is 9.49 Å². The standard InChI is InChI=1S/C14H15Br2IN4/c1-7(2)4-10-11(17)13(18-3)21-14(20-10)12-9(16)5-8(15)6-19-12/h5-7H,4H2,1-3H3,(H,18,20,21). The van der Waals surface area contributed by atoms with Gasteiger partial charge in [0.25, 0.3) is 0 Å². The van der Waals surface area contributed by atoms with Crippen molar-refractivity contribution in [2.75, 3.05) is 12.4 Å². The van der Waals surface area contributed by atoms with Gasteiger partial charge < -0.3 is 5.32 Å². The van der Waals surface area contributed by atoms with E-state index >= 15 is 0 Å². The lowest BCUT2D eigenvalue weighted by atomic mass is 10.1.